The Balaban J connectivity index is 0. The van der Waals surface area contributed by atoms with Crippen molar-refractivity contribution < 1.29 is 22.0 Å². The highest BCUT2D eigenvalue weighted by Gasteiger charge is 2.19. The van der Waals surface area contributed by atoms with Gasteiger partial charge in [0.2, 0.25) is 0 Å². The first kappa shape index (κ1) is 21.5. The van der Waals surface area contributed by atoms with E-state index in [4.69, 9.17) is 0 Å². The molecule has 1 atom stereocenters. The van der Waals surface area contributed by atoms with Crippen molar-refractivity contribution >= 4 is 0 Å². The van der Waals surface area contributed by atoms with E-state index < -0.39 is 0 Å². The second-order valence-electron chi connectivity index (χ2n) is 5.99. The minimum absolute atomic E-state index is 0. The van der Waals surface area contributed by atoms with E-state index in [1.807, 2.05) is 0 Å². The van der Waals surface area contributed by atoms with E-state index in [1.54, 1.807) is 0 Å². The first-order valence-electron chi connectivity index (χ1n) is 8.13. The Morgan fingerprint density at radius 3 is 1.53 bits per heavy atom. The van der Waals surface area contributed by atoms with E-state index in [1.165, 1.54) is 70.9 Å². The molecule has 0 rings (SSSR count). The van der Waals surface area contributed by atoms with E-state index in [2.05, 4.69) is 20.9 Å². The van der Waals surface area contributed by atoms with Gasteiger partial charge in [-0.05, 0) is 25.7 Å². The molecule has 0 aromatic carbocycles. The number of aliphatic hydroxyl groups excluding tert-OH is 1. The number of aliphatic hydroxyl groups is 1. The fourth-order valence-electron chi connectivity index (χ4n) is 2.59. The van der Waals surface area contributed by atoms with Gasteiger partial charge in [-0.15, -0.1) is 0 Å². The van der Waals surface area contributed by atoms with Gasteiger partial charge in [0.1, 0.15) is 6.54 Å². The number of rotatable bonds is 13. The maximum atomic E-state index is 9.23. The second kappa shape index (κ2) is 14.6. The van der Waals surface area contributed by atoms with Crippen LogP contribution < -0.4 is 12.4 Å². The van der Waals surface area contributed by atoms with E-state index in [9.17, 15) is 5.11 Å². The van der Waals surface area contributed by atoms with Crippen molar-refractivity contribution in [3.8, 4) is 0 Å². The highest BCUT2D eigenvalue weighted by Crippen LogP contribution is 2.12. The van der Waals surface area contributed by atoms with Gasteiger partial charge in [0, 0.05) is 0 Å². The molecule has 1 unspecified atom stereocenters. The largest absolute Gasteiger partial charge is 1.00 e. The number of nitrogens with zero attached hydrogens (tertiary/aromatic N) is 1. The third-order valence-electron chi connectivity index (χ3n) is 3.99. The molecule has 0 aliphatic heterocycles. The number of likely N-dealkylation sites (N-methyl/N-ethyl adjacent to an activating group) is 1. The molecule has 0 radical (unpaired) electrons. The maximum Gasteiger partial charge on any atom is 0.102 e. The first-order chi connectivity index (χ1) is 8.68. The van der Waals surface area contributed by atoms with Crippen LogP contribution in [0.4, 0.5) is 0 Å². The number of hydrogen-bond acceptors (Lipinski definition) is 1. The molecule has 0 spiro atoms. The minimum Gasteiger partial charge on any atom is -1.00 e. The monoisotopic (exact) mass is 293 g/mol. The van der Waals surface area contributed by atoms with Gasteiger partial charge in [0.15, 0.2) is 0 Å². The van der Waals surface area contributed by atoms with Gasteiger partial charge in [-0.25, -0.2) is 0 Å². The van der Waals surface area contributed by atoms with Gasteiger partial charge in [0.05, 0.1) is 26.7 Å². The van der Waals surface area contributed by atoms with Gasteiger partial charge in [-0.2, -0.15) is 0 Å². The van der Waals surface area contributed by atoms with Crippen LogP contribution in [0, 0.1) is 0 Å². The Morgan fingerprint density at radius 2 is 1.11 bits per heavy atom. The third kappa shape index (κ3) is 13.0. The predicted molar refractivity (Wildman–Crippen MR) is 80.8 cm³/mol. The molecule has 0 amide bonds. The molecule has 0 aromatic rings. The zero-order valence-corrected chi connectivity index (χ0v) is 14.2. The van der Waals surface area contributed by atoms with E-state index in [0.717, 1.165) is 11.0 Å². The zero-order chi connectivity index (χ0) is 13.7. The zero-order valence-electron chi connectivity index (χ0n) is 13.5. The molecule has 0 aliphatic carbocycles. The first-order valence-corrected chi connectivity index (χ1v) is 8.13. The second-order valence-corrected chi connectivity index (χ2v) is 5.99. The van der Waals surface area contributed by atoms with Crippen molar-refractivity contribution in [1.29, 1.82) is 0 Å². The summed E-state index contributed by atoms with van der Waals surface area (Å²) in [6.07, 6.45) is 12.1. The molecule has 3 heteroatoms. The molecule has 118 valence electrons. The van der Waals surface area contributed by atoms with Gasteiger partial charge in [-0.1, -0.05) is 46.0 Å². The summed E-state index contributed by atoms with van der Waals surface area (Å²) >= 11 is 0. The topological polar surface area (TPSA) is 20.2 Å². The summed E-state index contributed by atoms with van der Waals surface area (Å²) in [5, 5.41) is 9.23. The highest BCUT2D eigenvalue weighted by molar-refractivity contribution is 4.47. The molecule has 19 heavy (non-hydrogen) atoms. The predicted octanol–water partition coefficient (Wildman–Crippen LogP) is 0.980. The van der Waals surface area contributed by atoms with Crippen LogP contribution in [0.2, 0.25) is 0 Å². The molecule has 0 saturated heterocycles. The van der Waals surface area contributed by atoms with E-state index >= 15 is 0 Å². The van der Waals surface area contributed by atoms with Crippen LogP contribution in [0.1, 0.15) is 71.6 Å². The summed E-state index contributed by atoms with van der Waals surface area (Å²) in [5.74, 6) is 0. The van der Waals surface area contributed by atoms with E-state index in [0.29, 0.717) is 6.61 Å². The lowest BCUT2D eigenvalue weighted by Crippen LogP contribution is -3.00. The van der Waals surface area contributed by atoms with Crippen molar-refractivity contribution in [2.75, 3.05) is 33.3 Å². The van der Waals surface area contributed by atoms with Gasteiger partial charge < -0.3 is 22.0 Å². The summed E-state index contributed by atoms with van der Waals surface area (Å²) < 4.78 is 1.08. The number of quaternary nitrogens is 1. The Hall–Kier alpha value is 0.210. The van der Waals surface area contributed by atoms with Crippen molar-refractivity contribution in [3.05, 3.63) is 0 Å². The molecule has 0 bridgehead atoms. The van der Waals surface area contributed by atoms with Crippen LogP contribution in [-0.2, 0) is 0 Å². The SMILES string of the molecule is CCCCCCC[N+](C)(CCO)CCCCCC.[Cl-]. The van der Waals surface area contributed by atoms with Crippen molar-refractivity contribution in [1.82, 2.24) is 0 Å². The van der Waals surface area contributed by atoms with Crippen molar-refractivity contribution in [3.63, 3.8) is 0 Å². The molecular weight excluding hydrogens is 258 g/mol. The molecule has 0 fully saturated rings. The molecule has 0 heterocycles. The van der Waals surface area contributed by atoms with Crippen LogP contribution in [0.5, 0.6) is 0 Å². The molecule has 1 N–H and O–H groups in total. The number of unbranched alkanes of at least 4 members (excludes halogenated alkanes) is 7. The average molecular weight is 294 g/mol. The van der Waals surface area contributed by atoms with E-state index in [-0.39, 0.29) is 12.4 Å². The number of hydrogen-bond donors (Lipinski definition) is 1. The van der Waals surface area contributed by atoms with Crippen LogP contribution >= 0.6 is 0 Å². The fourth-order valence-corrected chi connectivity index (χ4v) is 2.59. The molecule has 0 saturated carbocycles. The maximum absolute atomic E-state index is 9.23. The van der Waals surface area contributed by atoms with Gasteiger partial charge in [-0.3, -0.25) is 0 Å². The number of halogens is 1. The minimum atomic E-state index is 0. The summed E-state index contributed by atoms with van der Waals surface area (Å²) in [5.41, 5.74) is 0. The van der Waals surface area contributed by atoms with Crippen molar-refractivity contribution in [2.24, 2.45) is 0 Å². The lowest BCUT2D eigenvalue weighted by molar-refractivity contribution is -0.910. The fraction of sp³-hybridized carbons (Fsp3) is 1.00. The quantitative estimate of drug-likeness (QED) is 0.396. The van der Waals surface area contributed by atoms with Crippen LogP contribution in [0.15, 0.2) is 0 Å². The summed E-state index contributed by atoms with van der Waals surface area (Å²) in [6, 6.07) is 0. The normalized spacial score (nSPS) is 13.9. The molecule has 0 aliphatic rings. The summed E-state index contributed by atoms with van der Waals surface area (Å²) in [4.78, 5) is 0. The lowest BCUT2D eigenvalue weighted by Gasteiger charge is -2.34. The van der Waals surface area contributed by atoms with Crippen molar-refractivity contribution in [2.45, 2.75) is 71.6 Å². The Labute approximate surface area is 127 Å². The van der Waals surface area contributed by atoms with Crippen LogP contribution in [0.3, 0.4) is 0 Å². The Bertz CT molecular complexity index is 178. The Morgan fingerprint density at radius 1 is 0.684 bits per heavy atom. The lowest BCUT2D eigenvalue weighted by atomic mass is 10.1. The van der Waals surface area contributed by atoms with Crippen LogP contribution in [0.25, 0.3) is 0 Å². The smallest absolute Gasteiger partial charge is 0.102 e. The summed E-state index contributed by atoms with van der Waals surface area (Å²) in [6.45, 7) is 8.28. The molecule has 2 nitrogen and oxygen atoms in total. The standard InChI is InChI=1S/C16H36NO.ClH/c1-4-6-8-10-12-14-17(3,15-16-18)13-11-9-7-5-2;/h18H,4-16H2,1-3H3;1H/q+1;/p-1. The summed E-state index contributed by atoms with van der Waals surface area (Å²) in [7, 11) is 2.32. The van der Waals surface area contributed by atoms with Gasteiger partial charge >= 0.3 is 0 Å². The van der Waals surface area contributed by atoms with Crippen LogP contribution in [-0.4, -0.2) is 42.9 Å². The highest BCUT2D eigenvalue weighted by atomic mass is 35.5. The third-order valence-corrected chi connectivity index (χ3v) is 3.99. The molecular formula is C16H36ClNO. The Kier molecular flexibility index (Phi) is 16.5. The molecule has 0 aromatic heterocycles. The van der Waals surface area contributed by atoms with Gasteiger partial charge in [0.25, 0.3) is 0 Å². The average Bonchev–Trinajstić information content (AvgIpc) is 2.35.